The van der Waals surface area contributed by atoms with Gasteiger partial charge in [-0.15, -0.1) is 0 Å². The molecular weight excluding hydrogens is 338 g/mol. The molecule has 0 aromatic carbocycles. The van der Waals surface area contributed by atoms with Crippen LogP contribution in [0.25, 0.3) is 11.2 Å². The van der Waals surface area contributed by atoms with Crippen LogP contribution in [0.15, 0.2) is 18.6 Å². The van der Waals surface area contributed by atoms with E-state index in [1.54, 1.807) is 29.6 Å². The molecule has 1 aliphatic rings. The van der Waals surface area contributed by atoms with Gasteiger partial charge in [0.05, 0.1) is 6.10 Å². The molecule has 10 nitrogen and oxygen atoms in total. The predicted molar refractivity (Wildman–Crippen MR) is 96.0 cm³/mol. The largest absolute Gasteiger partial charge is 0.388 e. The van der Waals surface area contributed by atoms with Crippen molar-refractivity contribution >= 4 is 17.0 Å². The van der Waals surface area contributed by atoms with Crippen LogP contribution in [-0.2, 0) is 4.74 Å². The lowest BCUT2D eigenvalue weighted by Gasteiger charge is -2.19. The van der Waals surface area contributed by atoms with E-state index in [2.05, 4.69) is 20.4 Å². The van der Waals surface area contributed by atoms with Gasteiger partial charge in [0.1, 0.15) is 24.4 Å². The second-order valence-corrected chi connectivity index (χ2v) is 6.28. The molecule has 10 heteroatoms. The zero-order chi connectivity index (χ0) is 18.8. The van der Waals surface area contributed by atoms with Gasteiger partial charge in [0.15, 0.2) is 23.2 Å². The number of anilines is 1. The summed E-state index contributed by atoms with van der Waals surface area (Å²) in [6, 6.07) is 0. The Morgan fingerprint density at radius 2 is 2.15 bits per heavy atom. The molecule has 142 valence electrons. The fourth-order valence-electron chi connectivity index (χ4n) is 3.00. The van der Waals surface area contributed by atoms with Crippen LogP contribution >= 0.6 is 0 Å². The maximum absolute atomic E-state index is 10.3. The number of aromatic nitrogens is 4. The Morgan fingerprint density at radius 3 is 2.81 bits per heavy atom. The SMILES string of the molecule is Cc1nc2c(N(C)NC=CCCN)ncnc2n1[C@@H]1O[C@H](C)[C@@H](O)[C@H]1O. The molecule has 0 spiro atoms. The molecule has 0 bridgehead atoms. The molecule has 3 heterocycles. The number of aliphatic hydroxyl groups is 2. The van der Waals surface area contributed by atoms with Gasteiger partial charge in [-0.3, -0.25) is 9.58 Å². The molecule has 4 atom stereocenters. The van der Waals surface area contributed by atoms with Gasteiger partial charge in [-0.2, -0.15) is 0 Å². The molecule has 0 amide bonds. The predicted octanol–water partition coefficient (Wildman–Crippen LogP) is -0.423. The van der Waals surface area contributed by atoms with Gasteiger partial charge in [-0.1, -0.05) is 6.08 Å². The lowest BCUT2D eigenvalue weighted by atomic mass is 10.1. The third kappa shape index (κ3) is 3.23. The zero-order valence-electron chi connectivity index (χ0n) is 15.1. The lowest BCUT2D eigenvalue weighted by Crippen LogP contribution is -2.31. The van der Waals surface area contributed by atoms with Crippen LogP contribution in [-0.4, -0.2) is 61.6 Å². The number of imidazole rings is 1. The van der Waals surface area contributed by atoms with E-state index in [0.717, 1.165) is 6.42 Å². The number of hydrogen-bond donors (Lipinski definition) is 4. The quantitative estimate of drug-likeness (QED) is 0.505. The molecular formula is C16H25N7O3. The fraction of sp³-hybridized carbons (Fsp3) is 0.562. The standard InChI is InChI=1S/C16H25N7O3/c1-9-12(24)13(25)16(26-9)23-10(2)21-11-14(18-8-19-15(11)23)22(3)20-7-5-4-6-17/h5,7-9,12-13,16,20,24-25H,4,6,17H2,1-3H3/t9-,12-,13-,16-/m1/s1. The van der Waals surface area contributed by atoms with Gasteiger partial charge in [0.2, 0.25) is 0 Å². The second kappa shape index (κ2) is 7.54. The third-order valence-electron chi connectivity index (χ3n) is 4.40. The number of hydrogen-bond acceptors (Lipinski definition) is 9. The number of ether oxygens (including phenoxy) is 1. The molecule has 1 fully saturated rings. The third-order valence-corrected chi connectivity index (χ3v) is 4.40. The summed E-state index contributed by atoms with van der Waals surface area (Å²) in [6.45, 7) is 4.09. The number of nitrogens with one attached hydrogen (secondary N) is 1. The van der Waals surface area contributed by atoms with Gasteiger partial charge in [0, 0.05) is 13.2 Å². The van der Waals surface area contributed by atoms with Crippen LogP contribution < -0.4 is 16.2 Å². The number of aryl methyl sites for hydroxylation is 1. The topological polar surface area (TPSA) is 135 Å². The highest BCUT2D eigenvalue weighted by Gasteiger charge is 2.42. The van der Waals surface area contributed by atoms with Crippen molar-refractivity contribution in [2.45, 2.75) is 44.8 Å². The summed E-state index contributed by atoms with van der Waals surface area (Å²) in [7, 11) is 1.82. The van der Waals surface area contributed by atoms with Crippen molar-refractivity contribution in [2.75, 3.05) is 18.6 Å². The smallest absolute Gasteiger partial charge is 0.178 e. The van der Waals surface area contributed by atoms with E-state index in [1.807, 2.05) is 13.1 Å². The number of nitrogens with two attached hydrogens (primary N) is 1. The van der Waals surface area contributed by atoms with Crippen molar-refractivity contribution in [3.8, 4) is 0 Å². The molecule has 3 rings (SSSR count). The minimum absolute atomic E-state index is 0.481. The van der Waals surface area contributed by atoms with Crippen molar-refractivity contribution in [2.24, 2.45) is 5.73 Å². The van der Waals surface area contributed by atoms with Crippen LogP contribution in [0.2, 0.25) is 0 Å². The molecule has 5 N–H and O–H groups in total. The lowest BCUT2D eigenvalue weighted by molar-refractivity contribution is -0.0310. The molecule has 1 saturated heterocycles. The molecule has 0 aliphatic carbocycles. The minimum Gasteiger partial charge on any atom is -0.388 e. The number of rotatable bonds is 6. The van der Waals surface area contributed by atoms with Gasteiger partial charge in [-0.05, 0) is 26.8 Å². The number of nitrogens with zero attached hydrogens (tertiary/aromatic N) is 5. The van der Waals surface area contributed by atoms with Crippen LogP contribution in [0.4, 0.5) is 5.82 Å². The Labute approximate surface area is 151 Å². The van der Waals surface area contributed by atoms with Gasteiger partial charge in [-0.25, -0.2) is 15.0 Å². The van der Waals surface area contributed by atoms with Crippen molar-refractivity contribution in [3.05, 3.63) is 24.4 Å². The van der Waals surface area contributed by atoms with E-state index in [1.165, 1.54) is 6.33 Å². The Hall–Kier alpha value is -2.27. The first kappa shape index (κ1) is 18.5. The van der Waals surface area contributed by atoms with Crippen molar-refractivity contribution in [1.29, 1.82) is 0 Å². The maximum Gasteiger partial charge on any atom is 0.178 e. The Bertz CT molecular complexity index is 793. The van der Waals surface area contributed by atoms with E-state index < -0.39 is 24.5 Å². The highest BCUT2D eigenvalue weighted by atomic mass is 16.6. The first-order valence-electron chi connectivity index (χ1n) is 8.51. The van der Waals surface area contributed by atoms with E-state index in [-0.39, 0.29) is 0 Å². The van der Waals surface area contributed by atoms with Crippen molar-refractivity contribution < 1.29 is 14.9 Å². The Kier molecular flexibility index (Phi) is 5.37. The molecule has 0 radical (unpaired) electrons. The van der Waals surface area contributed by atoms with Crippen LogP contribution in [0.1, 0.15) is 25.4 Å². The summed E-state index contributed by atoms with van der Waals surface area (Å²) < 4.78 is 7.41. The molecule has 2 aromatic heterocycles. The number of aliphatic hydroxyl groups excluding tert-OH is 2. The average Bonchev–Trinajstić information content (AvgIpc) is 3.08. The molecule has 0 unspecified atom stereocenters. The molecule has 26 heavy (non-hydrogen) atoms. The summed E-state index contributed by atoms with van der Waals surface area (Å²) in [5, 5.41) is 22.0. The summed E-state index contributed by atoms with van der Waals surface area (Å²) in [4.78, 5) is 13.2. The molecule has 1 aliphatic heterocycles. The van der Waals surface area contributed by atoms with Crippen LogP contribution in [0.5, 0.6) is 0 Å². The normalized spacial score (nSPS) is 26.1. The van der Waals surface area contributed by atoms with Crippen molar-refractivity contribution in [1.82, 2.24) is 24.9 Å². The fourth-order valence-corrected chi connectivity index (χ4v) is 3.00. The molecule has 0 saturated carbocycles. The summed E-state index contributed by atoms with van der Waals surface area (Å²) in [5.74, 6) is 1.19. The van der Waals surface area contributed by atoms with Gasteiger partial charge in [0.25, 0.3) is 0 Å². The average molecular weight is 363 g/mol. The summed E-state index contributed by atoms with van der Waals surface area (Å²) >= 11 is 0. The Balaban J connectivity index is 1.95. The van der Waals surface area contributed by atoms with E-state index in [0.29, 0.717) is 29.4 Å². The van der Waals surface area contributed by atoms with Crippen LogP contribution in [0.3, 0.4) is 0 Å². The zero-order valence-corrected chi connectivity index (χ0v) is 15.1. The van der Waals surface area contributed by atoms with E-state index in [9.17, 15) is 10.2 Å². The van der Waals surface area contributed by atoms with E-state index in [4.69, 9.17) is 10.5 Å². The van der Waals surface area contributed by atoms with E-state index >= 15 is 0 Å². The molecule has 2 aromatic rings. The summed E-state index contributed by atoms with van der Waals surface area (Å²) in [6.07, 6.45) is 2.64. The van der Waals surface area contributed by atoms with Crippen molar-refractivity contribution in [3.63, 3.8) is 0 Å². The minimum atomic E-state index is -1.06. The van der Waals surface area contributed by atoms with Gasteiger partial charge < -0.3 is 26.1 Å². The van der Waals surface area contributed by atoms with Gasteiger partial charge >= 0.3 is 0 Å². The maximum atomic E-state index is 10.3. The van der Waals surface area contributed by atoms with Crippen LogP contribution in [0, 0.1) is 6.92 Å². The Morgan fingerprint density at radius 1 is 1.38 bits per heavy atom. The summed E-state index contributed by atoms with van der Waals surface area (Å²) in [5.41, 5.74) is 9.64. The first-order chi connectivity index (χ1) is 12.5. The highest BCUT2D eigenvalue weighted by molar-refractivity contribution is 5.83. The number of fused-ring (bicyclic) bond motifs is 1. The first-order valence-corrected chi connectivity index (χ1v) is 8.51. The second-order valence-electron chi connectivity index (χ2n) is 6.28. The number of hydrazine groups is 1. The monoisotopic (exact) mass is 363 g/mol. The highest BCUT2D eigenvalue weighted by Crippen LogP contribution is 2.33.